The molecule has 1 aromatic rings. The minimum atomic E-state index is -4.40. The molecule has 0 bridgehead atoms. The van der Waals surface area contributed by atoms with E-state index in [1.165, 1.54) is 18.0 Å². The largest absolute Gasteiger partial charge is 0.419 e. The SMILES string of the molecule is Cn1ncc(C(F)(F)F)c1CNC1CCC(CS(C)(=O)=O)CC1. The molecule has 5 nitrogen and oxygen atoms in total. The van der Waals surface area contributed by atoms with Gasteiger partial charge in [0.2, 0.25) is 0 Å². The number of hydrogen-bond donors (Lipinski definition) is 1. The molecule has 0 spiro atoms. The van der Waals surface area contributed by atoms with Crippen LogP contribution in [-0.4, -0.2) is 36.2 Å². The molecule has 0 atom stereocenters. The maximum Gasteiger partial charge on any atom is 0.419 e. The van der Waals surface area contributed by atoms with Gasteiger partial charge in [0.15, 0.2) is 0 Å². The van der Waals surface area contributed by atoms with E-state index in [1.807, 2.05) is 0 Å². The van der Waals surface area contributed by atoms with Crippen LogP contribution in [-0.2, 0) is 29.6 Å². The Morgan fingerprint density at radius 2 is 1.91 bits per heavy atom. The lowest BCUT2D eigenvalue weighted by molar-refractivity contribution is -0.138. The molecule has 1 N–H and O–H groups in total. The quantitative estimate of drug-likeness (QED) is 0.881. The predicted molar refractivity (Wildman–Crippen MR) is 80.5 cm³/mol. The highest BCUT2D eigenvalue weighted by molar-refractivity contribution is 7.90. The maximum absolute atomic E-state index is 12.9. The van der Waals surface area contributed by atoms with Gasteiger partial charge in [-0.2, -0.15) is 18.3 Å². The standard InChI is InChI=1S/C14H22F3N3O2S/c1-20-13(12(7-19-20)14(15,16)17)8-18-11-5-3-10(4-6-11)9-23(2,21)22/h7,10-11,18H,3-6,8-9H2,1-2H3. The number of sulfone groups is 1. The number of alkyl halides is 3. The lowest BCUT2D eigenvalue weighted by Gasteiger charge is -2.29. The summed E-state index contributed by atoms with van der Waals surface area (Å²) in [7, 11) is -1.48. The van der Waals surface area contributed by atoms with Crippen molar-refractivity contribution in [1.82, 2.24) is 15.1 Å². The van der Waals surface area contributed by atoms with Gasteiger partial charge in [-0.1, -0.05) is 0 Å². The molecule has 1 saturated carbocycles. The van der Waals surface area contributed by atoms with Crippen LogP contribution in [0.2, 0.25) is 0 Å². The van der Waals surface area contributed by atoms with Gasteiger partial charge in [-0.05, 0) is 31.6 Å². The van der Waals surface area contributed by atoms with Crippen molar-refractivity contribution in [3.05, 3.63) is 17.5 Å². The van der Waals surface area contributed by atoms with Gasteiger partial charge in [0.05, 0.1) is 23.2 Å². The third kappa shape index (κ3) is 5.20. The fourth-order valence-electron chi connectivity index (χ4n) is 3.11. The zero-order valence-electron chi connectivity index (χ0n) is 13.2. The van der Waals surface area contributed by atoms with Crippen molar-refractivity contribution in [3.63, 3.8) is 0 Å². The first-order chi connectivity index (χ1) is 10.6. The molecular formula is C14H22F3N3O2S. The molecule has 0 amide bonds. The summed E-state index contributed by atoms with van der Waals surface area (Å²) in [5, 5.41) is 6.84. The first-order valence-electron chi connectivity index (χ1n) is 7.55. The Bertz CT molecular complexity index is 632. The average Bonchev–Trinajstić information content (AvgIpc) is 2.77. The third-order valence-corrected chi connectivity index (χ3v) is 5.39. The van der Waals surface area contributed by atoms with E-state index in [0.29, 0.717) is 0 Å². The van der Waals surface area contributed by atoms with Crippen LogP contribution in [0.5, 0.6) is 0 Å². The van der Waals surface area contributed by atoms with E-state index >= 15 is 0 Å². The van der Waals surface area contributed by atoms with Gasteiger partial charge in [0.1, 0.15) is 9.84 Å². The summed E-state index contributed by atoms with van der Waals surface area (Å²) in [6, 6.07) is 0.113. The molecule has 0 aliphatic heterocycles. The maximum atomic E-state index is 12.9. The van der Waals surface area contributed by atoms with Gasteiger partial charge >= 0.3 is 6.18 Å². The molecule has 132 valence electrons. The second-order valence-electron chi connectivity index (χ2n) is 6.32. The molecule has 1 aliphatic carbocycles. The van der Waals surface area contributed by atoms with Gasteiger partial charge in [0.25, 0.3) is 0 Å². The van der Waals surface area contributed by atoms with Gasteiger partial charge < -0.3 is 5.32 Å². The minimum absolute atomic E-state index is 0.104. The van der Waals surface area contributed by atoms with Crippen LogP contribution in [0, 0.1) is 5.92 Å². The Kier molecular flexibility index (Phi) is 5.40. The molecule has 0 unspecified atom stereocenters. The van der Waals surface area contributed by atoms with E-state index in [4.69, 9.17) is 0 Å². The average molecular weight is 353 g/mol. The van der Waals surface area contributed by atoms with Crippen molar-refractivity contribution in [2.24, 2.45) is 13.0 Å². The summed E-state index contributed by atoms with van der Waals surface area (Å²) in [5.74, 6) is 0.352. The Morgan fingerprint density at radius 1 is 1.30 bits per heavy atom. The van der Waals surface area contributed by atoms with E-state index in [2.05, 4.69) is 10.4 Å². The topological polar surface area (TPSA) is 64.0 Å². The van der Waals surface area contributed by atoms with Crippen molar-refractivity contribution >= 4 is 9.84 Å². The van der Waals surface area contributed by atoms with E-state index in [1.54, 1.807) is 0 Å². The molecule has 23 heavy (non-hydrogen) atoms. The van der Waals surface area contributed by atoms with Crippen molar-refractivity contribution in [2.75, 3.05) is 12.0 Å². The fourth-order valence-corrected chi connectivity index (χ4v) is 4.30. The summed E-state index contributed by atoms with van der Waals surface area (Å²) in [4.78, 5) is 0. The Hall–Kier alpha value is -1.09. The summed E-state index contributed by atoms with van der Waals surface area (Å²) >= 11 is 0. The Morgan fingerprint density at radius 3 is 2.43 bits per heavy atom. The van der Waals surface area contributed by atoms with Gasteiger partial charge in [-0.15, -0.1) is 0 Å². The zero-order chi connectivity index (χ0) is 17.3. The Balaban J connectivity index is 1.88. The first kappa shape index (κ1) is 18.3. The van der Waals surface area contributed by atoms with E-state index in [-0.39, 0.29) is 30.0 Å². The number of aromatic nitrogens is 2. The fraction of sp³-hybridized carbons (Fsp3) is 0.786. The van der Waals surface area contributed by atoms with Crippen LogP contribution < -0.4 is 5.32 Å². The van der Waals surface area contributed by atoms with E-state index in [9.17, 15) is 21.6 Å². The summed E-state index contributed by atoms with van der Waals surface area (Å²) in [5.41, 5.74) is -0.589. The highest BCUT2D eigenvalue weighted by atomic mass is 32.2. The molecule has 1 aliphatic rings. The Labute approximate surface area is 134 Å². The van der Waals surface area contributed by atoms with Gasteiger partial charge in [-0.25, -0.2) is 8.42 Å². The van der Waals surface area contributed by atoms with Gasteiger partial charge in [-0.3, -0.25) is 4.68 Å². The number of rotatable bonds is 5. The summed E-state index contributed by atoms with van der Waals surface area (Å²) in [6.07, 6.45) is 0.792. The third-order valence-electron chi connectivity index (χ3n) is 4.31. The second-order valence-corrected chi connectivity index (χ2v) is 8.50. The van der Waals surface area contributed by atoms with E-state index < -0.39 is 21.6 Å². The second kappa shape index (κ2) is 6.80. The molecular weight excluding hydrogens is 331 g/mol. The van der Waals surface area contributed by atoms with E-state index in [0.717, 1.165) is 31.9 Å². The smallest absolute Gasteiger partial charge is 0.308 e. The lowest BCUT2D eigenvalue weighted by Crippen LogP contribution is -2.35. The molecule has 1 heterocycles. The van der Waals surface area contributed by atoms with Crippen molar-refractivity contribution in [3.8, 4) is 0 Å². The van der Waals surface area contributed by atoms with Crippen molar-refractivity contribution in [1.29, 1.82) is 0 Å². The molecule has 9 heteroatoms. The summed E-state index contributed by atoms with van der Waals surface area (Å²) in [6.45, 7) is 0.104. The van der Waals surface area contributed by atoms with Crippen molar-refractivity contribution in [2.45, 2.75) is 44.4 Å². The monoisotopic (exact) mass is 353 g/mol. The predicted octanol–water partition coefficient (Wildman–Crippen LogP) is 2.13. The molecule has 0 aromatic carbocycles. The van der Waals surface area contributed by atoms with Crippen LogP contribution in [0.1, 0.15) is 36.9 Å². The molecule has 2 rings (SSSR count). The minimum Gasteiger partial charge on any atom is -0.308 e. The highest BCUT2D eigenvalue weighted by Crippen LogP contribution is 2.32. The molecule has 0 radical (unpaired) electrons. The van der Waals surface area contributed by atoms with Crippen LogP contribution in [0.3, 0.4) is 0 Å². The number of aryl methyl sites for hydroxylation is 1. The highest BCUT2D eigenvalue weighted by Gasteiger charge is 2.36. The number of hydrogen-bond acceptors (Lipinski definition) is 4. The summed E-state index contributed by atoms with van der Waals surface area (Å²) < 4.78 is 62.5. The lowest BCUT2D eigenvalue weighted by atomic mass is 9.87. The number of halogens is 3. The normalized spacial score (nSPS) is 23.2. The van der Waals surface area contributed by atoms with Crippen LogP contribution in [0.25, 0.3) is 0 Å². The first-order valence-corrected chi connectivity index (χ1v) is 9.61. The van der Waals surface area contributed by atoms with Crippen LogP contribution >= 0.6 is 0 Å². The molecule has 0 saturated heterocycles. The van der Waals surface area contributed by atoms with Crippen molar-refractivity contribution < 1.29 is 21.6 Å². The molecule has 1 aromatic heterocycles. The van der Waals surface area contributed by atoms with Crippen LogP contribution in [0.15, 0.2) is 6.20 Å². The van der Waals surface area contributed by atoms with Crippen LogP contribution in [0.4, 0.5) is 13.2 Å². The number of nitrogens with one attached hydrogen (secondary N) is 1. The number of nitrogens with zero attached hydrogens (tertiary/aromatic N) is 2. The van der Waals surface area contributed by atoms with Gasteiger partial charge in [0, 0.05) is 25.9 Å². The molecule has 1 fully saturated rings. The zero-order valence-corrected chi connectivity index (χ0v) is 14.0.